The smallest absolute Gasteiger partial charge is 0.340 e. The number of hydrogen-bond acceptors (Lipinski definition) is 5. The Morgan fingerprint density at radius 2 is 1.33 bits per heavy atom. The molecule has 1 heterocycles. The molecule has 0 fully saturated rings. The highest BCUT2D eigenvalue weighted by Crippen LogP contribution is 2.54. The van der Waals surface area contributed by atoms with Crippen LogP contribution in [0.15, 0.2) is 39.3 Å². The number of halogens is 2. The van der Waals surface area contributed by atoms with Crippen LogP contribution < -0.4 is 0 Å². The molecule has 8 heteroatoms. The maximum atomic E-state index is 13.2. The molecule has 0 saturated heterocycles. The van der Waals surface area contributed by atoms with Crippen molar-refractivity contribution in [2.24, 2.45) is 0 Å². The Kier molecular flexibility index (Phi) is 5.57. The zero-order chi connectivity index (χ0) is 24.4. The molecule has 3 aromatic carbocycles. The van der Waals surface area contributed by atoms with E-state index in [0.717, 1.165) is 0 Å². The highest BCUT2D eigenvalue weighted by molar-refractivity contribution is 9.11. The summed E-state index contributed by atoms with van der Waals surface area (Å²) in [6.45, 7) is 6.99. The lowest BCUT2D eigenvalue weighted by Crippen LogP contribution is -2.31. The maximum Gasteiger partial charge on any atom is 0.340 e. The van der Waals surface area contributed by atoms with Crippen molar-refractivity contribution in [3.05, 3.63) is 89.3 Å². The molecule has 1 aliphatic heterocycles. The Balaban J connectivity index is 2.20. The van der Waals surface area contributed by atoms with Crippen molar-refractivity contribution in [3.63, 3.8) is 0 Å². The lowest BCUT2D eigenvalue weighted by molar-refractivity contribution is 0.0246. The number of phenols is 2. The zero-order valence-corrected chi connectivity index (χ0v) is 21.4. The van der Waals surface area contributed by atoms with Crippen LogP contribution in [0.5, 0.6) is 11.5 Å². The third-order valence-electron chi connectivity index (χ3n) is 6.18. The number of benzene rings is 3. The van der Waals surface area contributed by atoms with Crippen molar-refractivity contribution in [3.8, 4) is 11.5 Å². The van der Waals surface area contributed by atoms with Gasteiger partial charge in [-0.2, -0.15) is 0 Å². The van der Waals surface area contributed by atoms with Crippen LogP contribution in [0.3, 0.4) is 0 Å². The average molecular weight is 576 g/mol. The molecule has 0 atom stereocenters. The molecule has 0 bridgehead atoms. The van der Waals surface area contributed by atoms with Crippen molar-refractivity contribution in [2.75, 3.05) is 0 Å². The lowest BCUT2D eigenvalue weighted by atomic mass is 9.77. The Morgan fingerprint density at radius 3 is 1.79 bits per heavy atom. The van der Waals surface area contributed by atoms with E-state index >= 15 is 0 Å². The number of aromatic carboxylic acids is 1. The Labute approximate surface area is 207 Å². The standard InChI is InChI=1S/C25H20Br2O6/c1-10-7-17(19(26)12(3)21(10)28)25(18-8-11(2)22(29)13(4)20(18)27)16-6-5-14(23(30)31)9-15(16)24(32)33-25/h5-9,28-29H,1-4H3,(H,30,31). The number of esters is 1. The first-order valence-electron chi connectivity index (χ1n) is 10.0. The number of hydrogen-bond donors (Lipinski definition) is 3. The zero-order valence-electron chi connectivity index (χ0n) is 18.2. The summed E-state index contributed by atoms with van der Waals surface area (Å²) in [5.74, 6) is -1.59. The van der Waals surface area contributed by atoms with Crippen LogP contribution in [0.1, 0.15) is 59.7 Å². The number of phenolic OH excluding ortho intramolecular Hbond substituents is 2. The van der Waals surface area contributed by atoms with Crippen LogP contribution in [-0.2, 0) is 10.3 Å². The van der Waals surface area contributed by atoms with Crippen LogP contribution in [0, 0.1) is 27.7 Å². The van der Waals surface area contributed by atoms with E-state index in [4.69, 9.17) is 4.74 Å². The molecule has 0 amide bonds. The van der Waals surface area contributed by atoms with E-state index in [1.807, 2.05) is 0 Å². The van der Waals surface area contributed by atoms with Crippen LogP contribution in [-0.4, -0.2) is 27.3 Å². The van der Waals surface area contributed by atoms with Crippen molar-refractivity contribution in [1.29, 1.82) is 0 Å². The highest BCUT2D eigenvalue weighted by Gasteiger charge is 2.51. The van der Waals surface area contributed by atoms with Gasteiger partial charge in [0.15, 0.2) is 5.60 Å². The summed E-state index contributed by atoms with van der Waals surface area (Å²) in [6.07, 6.45) is 0. The molecule has 3 aromatic rings. The van der Waals surface area contributed by atoms with Gasteiger partial charge in [-0.05, 0) is 94.9 Å². The minimum Gasteiger partial charge on any atom is -0.507 e. The van der Waals surface area contributed by atoms with Gasteiger partial charge in [0, 0.05) is 36.8 Å². The first-order chi connectivity index (χ1) is 15.4. The summed E-state index contributed by atoms with van der Waals surface area (Å²) in [5, 5.41) is 30.4. The lowest BCUT2D eigenvalue weighted by Gasteiger charge is -2.34. The third-order valence-corrected chi connectivity index (χ3v) is 8.22. The molecule has 0 spiro atoms. The SMILES string of the molecule is Cc1cc(C2(c3cc(C)c(O)c(C)c3Br)OC(=O)c3cc(C(=O)O)ccc32)c(Br)c(C)c1O. The van der Waals surface area contributed by atoms with E-state index < -0.39 is 17.5 Å². The fraction of sp³-hybridized carbons (Fsp3) is 0.200. The van der Waals surface area contributed by atoms with Gasteiger partial charge in [0.05, 0.1) is 11.1 Å². The molecule has 0 aliphatic carbocycles. The van der Waals surface area contributed by atoms with Gasteiger partial charge in [-0.1, -0.05) is 6.07 Å². The van der Waals surface area contributed by atoms with Gasteiger partial charge >= 0.3 is 11.9 Å². The van der Waals surface area contributed by atoms with Gasteiger partial charge in [0.25, 0.3) is 0 Å². The number of fused-ring (bicyclic) bond motifs is 1. The number of carbonyl (C=O) groups excluding carboxylic acids is 1. The molecule has 4 rings (SSSR count). The first-order valence-corrected chi connectivity index (χ1v) is 11.6. The minimum atomic E-state index is -1.46. The van der Waals surface area contributed by atoms with Crippen LogP contribution in [0.4, 0.5) is 0 Å². The number of ether oxygens (including phenoxy) is 1. The molecular formula is C25H20Br2O6. The van der Waals surface area contributed by atoms with E-state index in [9.17, 15) is 24.9 Å². The second-order valence-corrected chi connectivity index (χ2v) is 9.78. The predicted octanol–water partition coefficient (Wildman–Crippen LogP) is 6.02. The number of aromatic hydroxyl groups is 2. The van der Waals surface area contributed by atoms with E-state index in [2.05, 4.69) is 31.9 Å². The van der Waals surface area contributed by atoms with Gasteiger partial charge < -0.3 is 20.1 Å². The molecule has 3 N–H and O–H groups in total. The van der Waals surface area contributed by atoms with Gasteiger partial charge in [-0.15, -0.1) is 0 Å². The van der Waals surface area contributed by atoms with Gasteiger partial charge in [0.1, 0.15) is 11.5 Å². The predicted molar refractivity (Wildman–Crippen MR) is 129 cm³/mol. The van der Waals surface area contributed by atoms with E-state index in [-0.39, 0.29) is 22.6 Å². The number of carboxylic acid groups (broad SMARTS) is 1. The quantitative estimate of drug-likeness (QED) is 0.330. The summed E-state index contributed by atoms with van der Waals surface area (Å²) in [6, 6.07) is 7.80. The molecule has 170 valence electrons. The normalized spacial score (nSPS) is 14.2. The van der Waals surface area contributed by atoms with Crippen molar-refractivity contribution in [2.45, 2.75) is 33.3 Å². The fourth-order valence-corrected chi connectivity index (χ4v) is 5.52. The molecule has 0 saturated carbocycles. The molecule has 33 heavy (non-hydrogen) atoms. The van der Waals surface area contributed by atoms with Crippen molar-refractivity contribution in [1.82, 2.24) is 0 Å². The Hall–Kier alpha value is -2.84. The van der Waals surface area contributed by atoms with Gasteiger partial charge in [-0.25, -0.2) is 9.59 Å². The second-order valence-electron chi connectivity index (χ2n) is 8.19. The number of carboxylic acids is 1. The summed E-state index contributed by atoms with van der Waals surface area (Å²) in [4.78, 5) is 24.7. The number of carbonyl (C=O) groups is 2. The van der Waals surface area contributed by atoms with Gasteiger partial charge in [0.2, 0.25) is 0 Å². The van der Waals surface area contributed by atoms with Crippen molar-refractivity contribution >= 4 is 43.8 Å². The van der Waals surface area contributed by atoms with Crippen LogP contribution >= 0.6 is 31.9 Å². The summed E-state index contributed by atoms with van der Waals surface area (Å²) >= 11 is 7.17. The first kappa shape index (κ1) is 23.3. The summed E-state index contributed by atoms with van der Waals surface area (Å²) in [5.41, 5.74) is 2.54. The van der Waals surface area contributed by atoms with Gasteiger partial charge in [-0.3, -0.25) is 0 Å². The van der Waals surface area contributed by atoms with E-state index in [1.54, 1.807) is 45.9 Å². The number of cyclic esters (lactones) is 1. The maximum absolute atomic E-state index is 13.2. The largest absolute Gasteiger partial charge is 0.507 e. The summed E-state index contributed by atoms with van der Waals surface area (Å²) in [7, 11) is 0. The van der Waals surface area contributed by atoms with Crippen LogP contribution in [0.2, 0.25) is 0 Å². The Bertz CT molecular complexity index is 1310. The fourth-order valence-electron chi connectivity index (χ4n) is 4.36. The highest BCUT2D eigenvalue weighted by atomic mass is 79.9. The molecule has 6 nitrogen and oxygen atoms in total. The minimum absolute atomic E-state index is 0.0317. The topological polar surface area (TPSA) is 104 Å². The van der Waals surface area contributed by atoms with Crippen LogP contribution in [0.25, 0.3) is 0 Å². The number of rotatable bonds is 3. The monoisotopic (exact) mass is 574 g/mol. The Morgan fingerprint density at radius 1 is 0.848 bits per heavy atom. The molecule has 0 aromatic heterocycles. The average Bonchev–Trinajstić information content (AvgIpc) is 3.08. The molecule has 0 unspecified atom stereocenters. The molecule has 0 radical (unpaired) electrons. The molecule has 1 aliphatic rings. The van der Waals surface area contributed by atoms with E-state index in [0.29, 0.717) is 47.9 Å². The second kappa shape index (κ2) is 7.88. The van der Waals surface area contributed by atoms with E-state index in [1.165, 1.54) is 12.1 Å². The number of aryl methyl sites for hydroxylation is 2. The summed E-state index contributed by atoms with van der Waals surface area (Å²) < 4.78 is 7.22. The molecular weight excluding hydrogens is 556 g/mol. The van der Waals surface area contributed by atoms with Crippen molar-refractivity contribution < 1.29 is 29.6 Å². The third kappa shape index (κ3) is 3.27.